The summed E-state index contributed by atoms with van der Waals surface area (Å²) < 4.78 is 9.23. The topological polar surface area (TPSA) is 58.6 Å². The van der Waals surface area contributed by atoms with Gasteiger partial charge in [-0.2, -0.15) is 0 Å². The molecule has 0 saturated carbocycles. The van der Waals surface area contributed by atoms with Crippen LogP contribution in [0.1, 0.15) is 9.67 Å². The SMILES string of the molecule is COc1ccc(N2CCN(C(=O)c3snnc3-c3ccccc3)CC2)cc1. The zero-order valence-electron chi connectivity index (χ0n) is 15.0. The van der Waals surface area contributed by atoms with E-state index in [1.165, 1.54) is 11.5 Å². The Bertz CT molecular complexity index is 903. The molecule has 0 bridgehead atoms. The van der Waals surface area contributed by atoms with Crippen molar-refractivity contribution in [3.05, 3.63) is 59.5 Å². The van der Waals surface area contributed by atoms with Gasteiger partial charge in [-0.15, -0.1) is 5.10 Å². The predicted octanol–water partition coefficient (Wildman–Crippen LogP) is 3.18. The number of hydrogen-bond donors (Lipinski definition) is 0. The highest BCUT2D eigenvalue weighted by molar-refractivity contribution is 7.08. The van der Waals surface area contributed by atoms with Crippen molar-refractivity contribution in [2.45, 2.75) is 0 Å². The lowest BCUT2D eigenvalue weighted by Gasteiger charge is -2.36. The minimum atomic E-state index is 0.0123. The van der Waals surface area contributed by atoms with Crippen molar-refractivity contribution in [1.29, 1.82) is 0 Å². The molecule has 6 nitrogen and oxygen atoms in total. The molecular weight excluding hydrogens is 360 g/mol. The molecule has 3 aromatic rings. The minimum Gasteiger partial charge on any atom is -0.497 e. The van der Waals surface area contributed by atoms with Crippen LogP contribution < -0.4 is 9.64 Å². The average molecular weight is 380 g/mol. The van der Waals surface area contributed by atoms with E-state index in [4.69, 9.17) is 4.74 Å². The second kappa shape index (κ2) is 7.75. The van der Waals surface area contributed by atoms with Crippen LogP contribution >= 0.6 is 11.5 Å². The number of aromatic nitrogens is 2. The van der Waals surface area contributed by atoms with Gasteiger partial charge in [0.25, 0.3) is 5.91 Å². The fourth-order valence-electron chi connectivity index (χ4n) is 3.22. The van der Waals surface area contributed by atoms with E-state index in [1.807, 2.05) is 47.4 Å². The first-order valence-electron chi connectivity index (χ1n) is 8.82. The first-order valence-corrected chi connectivity index (χ1v) is 9.59. The Balaban J connectivity index is 1.44. The normalized spacial score (nSPS) is 14.3. The molecule has 0 unspecified atom stereocenters. The maximum atomic E-state index is 13.0. The zero-order chi connectivity index (χ0) is 18.6. The summed E-state index contributed by atoms with van der Waals surface area (Å²) in [4.78, 5) is 17.8. The molecule has 138 valence electrons. The van der Waals surface area contributed by atoms with Crippen LogP contribution in [0.15, 0.2) is 54.6 Å². The van der Waals surface area contributed by atoms with Crippen molar-refractivity contribution in [2.75, 3.05) is 38.2 Å². The number of rotatable bonds is 4. The van der Waals surface area contributed by atoms with E-state index < -0.39 is 0 Å². The number of amides is 1. The summed E-state index contributed by atoms with van der Waals surface area (Å²) >= 11 is 1.17. The van der Waals surface area contributed by atoms with E-state index in [0.29, 0.717) is 23.7 Å². The fraction of sp³-hybridized carbons (Fsp3) is 0.250. The van der Waals surface area contributed by atoms with Crippen LogP contribution in [-0.2, 0) is 0 Å². The molecule has 1 aliphatic heterocycles. The van der Waals surface area contributed by atoms with Gasteiger partial charge in [0.15, 0.2) is 0 Å². The van der Waals surface area contributed by atoms with Crippen LogP contribution in [0.2, 0.25) is 0 Å². The number of carbonyl (C=O) groups is 1. The lowest BCUT2D eigenvalue weighted by molar-refractivity contribution is 0.0752. The summed E-state index contributed by atoms with van der Waals surface area (Å²) in [7, 11) is 1.66. The molecule has 0 N–H and O–H groups in total. The monoisotopic (exact) mass is 380 g/mol. The van der Waals surface area contributed by atoms with Gasteiger partial charge < -0.3 is 14.5 Å². The molecule has 1 fully saturated rings. The number of ether oxygens (including phenoxy) is 1. The molecule has 2 aromatic carbocycles. The molecule has 0 aliphatic carbocycles. The van der Waals surface area contributed by atoms with Gasteiger partial charge in [-0.05, 0) is 35.8 Å². The number of piperazine rings is 1. The summed E-state index contributed by atoms with van der Waals surface area (Å²) in [6.07, 6.45) is 0. The zero-order valence-corrected chi connectivity index (χ0v) is 15.9. The van der Waals surface area contributed by atoms with Crippen molar-refractivity contribution in [3.63, 3.8) is 0 Å². The molecule has 0 spiro atoms. The third-order valence-electron chi connectivity index (χ3n) is 4.73. The molecule has 4 rings (SSSR count). The molecule has 1 aromatic heterocycles. The van der Waals surface area contributed by atoms with Crippen molar-refractivity contribution in [2.24, 2.45) is 0 Å². The molecule has 27 heavy (non-hydrogen) atoms. The molecule has 0 atom stereocenters. The highest BCUT2D eigenvalue weighted by atomic mass is 32.1. The summed E-state index contributed by atoms with van der Waals surface area (Å²) in [5, 5.41) is 4.18. The van der Waals surface area contributed by atoms with Crippen molar-refractivity contribution < 1.29 is 9.53 Å². The van der Waals surface area contributed by atoms with Crippen LogP contribution in [0.5, 0.6) is 5.75 Å². The van der Waals surface area contributed by atoms with Gasteiger partial charge in [0.1, 0.15) is 16.3 Å². The Morgan fingerprint density at radius 3 is 2.37 bits per heavy atom. The van der Waals surface area contributed by atoms with E-state index in [9.17, 15) is 4.79 Å². The summed E-state index contributed by atoms with van der Waals surface area (Å²) in [5.41, 5.74) is 2.74. The van der Waals surface area contributed by atoms with Crippen LogP contribution in [0.3, 0.4) is 0 Å². The lowest BCUT2D eigenvalue weighted by Crippen LogP contribution is -2.48. The molecule has 7 heteroatoms. The maximum absolute atomic E-state index is 13.0. The van der Waals surface area contributed by atoms with Gasteiger partial charge in [-0.3, -0.25) is 4.79 Å². The number of anilines is 1. The van der Waals surface area contributed by atoms with Gasteiger partial charge in [0.05, 0.1) is 7.11 Å². The number of methoxy groups -OCH3 is 1. The third kappa shape index (κ3) is 3.64. The lowest BCUT2D eigenvalue weighted by atomic mass is 10.1. The standard InChI is InChI=1S/C20H20N4O2S/c1-26-17-9-7-16(8-10-17)23-11-13-24(14-12-23)20(25)19-18(21-22-27-19)15-5-3-2-4-6-15/h2-10H,11-14H2,1H3. The average Bonchev–Trinajstić information content (AvgIpc) is 3.24. The summed E-state index contributed by atoms with van der Waals surface area (Å²) in [6, 6.07) is 17.8. The van der Waals surface area contributed by atoms with E-state index in [0.717, 1.165) is 30.1 Å². The van der Waals surface area contributed by atoms with Crippen molar-refractivity contribution >= 4 is 23.1 Å². The minimum absolute atomic E-state index is 0.0123. The Labute approximate surface area is 162 Å². The van der Waals surface area contributed by atoms with E-state index >= 15 is 0 Å². The molecular formula is C20H20N4O2S. The maximum Gasteiger partial charge on any atom is 0.268 e. The van der Waals surface area contributed by atoms with E-state index in [1.54, 1.807) is 7.11 Å². The number of hydrogen-bond acceptors (Lipinski definition) is 6. The quantitative estimate of drug-likeness (QED) is 0.696. The second-order valence-electron chi connectivity index (χ2n) is 6.29. The molecule has 1 saturated heterocycles. The van der Waals surface area contributed by atoms with Crippen molar-refractivity contribution in [1.82, 2.24) is 14.5 Å². The van der Waals surface area contributed by atoms with Crippen LogP contribution in [0.25, 0.3) is 11.3 Å². The smallest absolute Gasteiger partial charge is 0.268 e. The van der Waals surface area contributed by atoms with E-state index in [2.05, 4.69) is 26.6 Å². The summed E-state index contributed by atoms with van der Waals surface area (Å²) in [5.74, 6) is 0.858. The van der Waals surface area contributed by atoms with Gasteiger partial charge in [-0.25, -0.2) is 0 Å². The first kappa shape index (κ1) is 17.5. The molecule has 1 amide bonds. The Morgan fingerprint density at radius 2 is 1.70 bits per heavy atom. The highest BCUT2D eigenvalue weighted by Crippen LogP contribution is 2.26. The van der Waals surface area contributed by atoms with Crippen LogP contribution in [0, 0.1) is 0 Å². The molecule has 2 heterocycles. The van der Waals surface area contributed by atoms with Gasteiger partial charge in [0.2, 0.25) is 0 Å². The summed E-state index contributed by atoms with van der Waals surface area (Å²) in [6.45, 7) is 2.95. The van der Waals surface area contributed by atoms with Crippen LogP contribution in [0.4, 0.5) is 5.69 Å². The number of carbonyl (C=O) groups excluding carboxylic acids is 1. The van der Waals surface area contributed by atoms with E-state index in [-0.39, 0.29) is 5.91 Å². The molecule has 0 radical (unpaired) electrons. The first-order chi connectivity index (χ1) is 13.3. The van der Waals surface area contributed by atoms with Gasteiger partial charge >= 0.3 is 0 Å². The van der Waals surface area contributed by atoms with Gasteiger partial charge in [-0.1, -0.05) is 34.8 Å². The third-order valence-corrected chi connectivity index (χ3v) is 5.45. The van der Waals surface area contributed by atoms with Crippen LogP contribution in [-0.4, -0.2) is 53.7 Å². The second-order valence-corrected chi connectivity index (χ2v) is 7.05. The highest BCUT2D eigenvalue weighted by Gasteiger charge is 2.26. The predicted molar refractivity (Wildman–Crippen MR) is 106 cm³/mol. The number of benzene rings is 2. The Kier molecular flexibility index (Phi) is 5.02. The Hall–Kier alpha value is -2.93. The van der Waals surface area contributed by atoms with Gasteiger partial charge in [0, 0.05) is 37.4 Å². The molecule has 1 aliphatic rings. The Morgan fingerprint density at radius 1 is 1.00 bits per heavy atom. The number of nitrogens with zero attached hydrogens (tertiary/aromatic N) is 4. The van der Waals surface area contributed by atoms with Crippen molar-refractivity contribution in [3.8, 4) is 17.0 Å². The fourth-order valence-corrected chi connectivity index (χ4v) is 3.88. The largest absolute Gasteiger partial charge is 0.497 e.